The quantitative estimate of drug-likeness (QED) is 0.792. The summed E-state index contributed by atoms with van der Waals surface area (Å²) in [6.07, 6.45) is 2.35. The van der Waals surface area contributed by atoms with Gasteiger partial charge in [0.05, 0.1) is 6.61 Å². The van der Waals surface area contributed by atoms with Gasteiger partial charge in [0.25, 0.3) is 5.91 Å². The van der Waals surface area contributed by atoms with E-state index in [-0.39, 0.29) is 11.3 Å². The van der Waals surface area contributed by atoms with Gasteiger partial charge in [-0.3, -0.25) is 4.79 Å². The van der Waals surface area contributed by atoms with Crippen LogP contribution in [0.1, 0.15) is 30.4 Å². The molecule has 2 atom stereocenters. The SMILES string of the molecule is O=C([C@@H]1C[C@]2(CO1)CN(Cc1ccc(F)cc1F)c1ccccc12)N1CCCC1. The van der Waals surface area contributed by atoms with E-state index < -0.39 is 17.7 Å². The number of carbonyl (C=O) groups is 1. The van der Waals surface area contributed by atoms with Crippen LogP contribution in [0.5, 0.6) is 0 Å². The zero-order valence-corrected chi connectivity index (χ0v) is 16.2. The van der Waals surface area contributed by atoms with Gasteiger partial charge in [-0.2, -0.15) is 0 Å². The lowest BCUT2D eigenvalue weighted by Gasteiger charge is -2.25. The summed E-state index contributed by atoms with van der Waals surface area (Å²) < 4.78 is 33.5. The standard InChI is InChI=1S/C23H24F2N2O2/c24-17-8-7-16(19(25)11-17)13-27-14-23(18-5-1-2-6-20(18)27)12-21(29-15-23)22(28)26-9-3-4-10-26/h1-2,5-8,11,21H,3-4,9-10,12-15H2/t21-,23+/m0/s1. The van der Waals surface area contributed by atoms with Crippen LogP contribution >= 0.6 is 0 Å². The van der Waals surface area contributed by atoms with Crippen LogP contribution in [0.4, 0.5) is 14.5 Å². The molecule has 3 heterocycles. The molecule has 3 aliphatic heterocycles. The van der Waals surface area contributed by atoms with Gasteiger partial charge in [0, 0.05) is 48.9 Å². The van der Waals surface area contributed by atoms with Gasteiger partial charge in [0.2, 0.25) is 0 Å². The highest BCUT2D eigenvalue weighted by atomic mass is 19.1. The maximum absolute atomic E-state index is 14.2. The van der Waals surface area contributed by atoms with Crippen molar-refractivity contribution in [2.45, 2.75) is 37.3 Å². The fourth-order valence-electron chi connectivity index (χ4n) is 5.06. The second-order valence-corrected chi connectivity index (χ2v) is 8.43. The number of nitrogens with zero attached hydrogens (tertiary/aromatic N) is 2. The Kier molecular flexibility index (Phi) is 4.54. The van der Waals surface area contributed by atoms with E-state index in [0.29, 0.717) is 31.7 Å². The number of hydrogen-bond acceptors (Lipinski definition) is 3. The fraction of sp³-hybridized carbons (Fsp3) is 0.435. The molecule has 0 saturated carbocycles. The lowest BCUT2D eigenvalue weighted by atomic mass is 9.80. The summed E-state index contributed by atoms with van der Waals surface area (Å²) in [4.78, 5) is 16.9. The molecule has 0 aliphatic carbocycles. The third-order valence-corrected chi connectivity index (χ3v) is 6.52. The first kappa shape index (κ1) is 18.6. The molecule has 2 fully saturated rings. The summed E-state index contributed by atoms with van der Waals surface area (Å²) >= 11 is 0. The average molecular weight is 398 g/mol. The van der Waals surface area contributed by atoms with Crippen molar-refractivity contribution >= 4 is 11.6 Å². The van der Waals surface area contributed by atoms with Gasteiger partial charge in [0.15, 0.2) is 0 Å². The predicted molar refractivity (Wildman–Crippen MR) is 106 cm³/mol. The summed E-state index contributed by atoms with van der Waals surface area (Å²) in [7, 11) is 0. The lowest BCUT2D eigenvalue weighted by molar-refractivity contribution is -0.139. The van der Waals surface area contributed by atoms with Crippen LogP contribution in [0, 0.1) is 11.6 Å². The minimum absolute atomic E-state index is 0.0971. The van der Waals surface area contributed by atoms with Gasteiger partial charge in [-0.05, 0) is 37.0 Å². The number of ether oxygens (including phenoxy) is 1. The van der Waals surface area contributed by atoms with Gasteiger partial charge in [0.1, 0.15) is 17.7 Å². The van der Waals surface area contributed by atoms with Gasteiger partial charge >= 0.3 is 0 Å². The maximum Gasteiger partial charge on any atom is 0.251 e. The van der Waals surface area contributed by atoms with Crippen molar-refractivity contribution in [2.24, 2.45) is 0 Å². The Morgan fingerprint density at radius 3 is 2.72 bits per heavy atom. The van der Waals surface area contributed by atoms with Crippen molar-refractivity contribution in [2.75, 3.05) is 31.1 Å². The van der Waals surface area contributed by atoms with Crippen LogP contribution in [-0.4, -0.2) is 43.2 Å². The zero-order valence-electron chi connectivity index (χ0n) is 16.2. The second kappa shape index (κ2) is 7.10. The number of amides is 1. The molecule has 2 aromatic carbocycles. The number of carbonyl (C=O) groups excluding carboxylic acids is 1. The van der Waals surface area contributed by atoms with Crippen LogP contribution in [0.25, 0.3) is 0 Å². The third kappa shape index (κ3) is 3.19. The number of halogens is 2. The van der Waals surface area contributed by atoms with Crippen LogP contribution in [0.15, 0.2) is 42.5 Å². The van der Waals surface area contributed by atoms with Crippen molar-refractivity contribution < 1.29 is 18.3 Å². The molecular weight excluding hydrogens is 374 g/mol. The van der Waals surface area contributed by atoms with E-state index in [9.17, 15) is 13.6 Å². The molecule has 5 rings (SSSR count). The molecule has 0 bridgehead atoms. The normalized spacial score (nSPS) is 25.8. The van der Waals surface area contributed by atoms with E-state index in [0.717, 1.165) is 43.2 Å². The molecule has 2 aromatic rings. The number of fused-ring (bicyclic) bond motifs is 2. The molecule has 6 heteroatoms. The number of hydrogen-bond donors (Lipinski definition) is 0. The zero-order chi connectivity index (χ0) is 20.0. The molecule has 2 saturated heterocycles. The molecule has 1 amide bonds. The molecule has 1 spiro atoms. The van der Waals surface area contributed by atoms with Crippen molar-refractivity contribution in [1.29, 1.82) is 0 Å². The Morgan fingerprint density at radius 2 is 1.93 bits per heavy atom. The van der Waals surface area contributed by atoms with Crippen LogP contribution in [0.3, 0.4) is 0 Å². The Balaban J connectivity index is 1.40. The highest BCUT2D eigenvalue weighted by Crippen LogP contribution is 2.48. The number of para-hydroxylation sites is 1. The monoisotopic (exact) mass is 398 g/mol. The predicted octanol–water partition coefficient (Wildman–Crippen LogP) is 3.63. The summed E-state index contributed by atoms with van der Waals surface area (Å²) in [5.41, 5.74) is 2.38. The van der Waals surface area contributed by atoms with Crippen molar-refractivity contribution in [3.05, 3.63) is 65.2 Å². The van der Waals surface area contributed by atoms with Crippen molar-refractivity contribution in [3.63, 3.8) is 0 Å². The molecule has 0 N–H and O–H groups in total. The van der Waals surface area contributed by atoms with E-state index in [2.05, 4.69) is 11.0 Å². The van der Waals surface area contributed by atoms with E-state index in [1.165, 1.54) is 12.1 Å². The molecule has 4 nitrogen and oxygen atoms in total. The molecular formula is C23H24F2N2O2. The van der Waals surface area contributed by atoms with E-state index in [1.807, 2.05) is 23.1 Å². The summed E-state index contributed by atoms with van der Waals surface area (Å²) in [5.74, 6) is -1.01. The van der Waals surface area contributed by atoms with Gasteiger partial charge in [-0.25, -0.2) is 8.78 Å². The van der Waals surface area contributed by atoms with Crippen LogP contribution in [-0.2, 0) is 21.5 Å². The average Bonchev–Trinajstić information content (AvgIpc) is 3.45. The highest BCUT2D eigenvalue weighted by Gasteiger charge is 2.51. The summed E-state index contributed by atoms with van der Waals surface area (Å²) in [5, 5.41) is 0. The van der Waals surface area contributed by atoms with Gasteiger partial charge in [-0.15, -0.1) is 0 Å². The number of anilines is 1. The maximum atomic E-state index is 14.2. The first-order chi connectivity index (χ1) is 14.1. The van der Waals surface area contributed by atoms with E-state index in [1.54, 1.807) is 0 Å². The van der Waals surface area contributed by atoms with Crippen molar-refractivity contribution in [3.8, 4) is 0 Å². The summed E-state index contributed by atoms with van der Waals surface area (Å²) in [6, 6.07) is 11.8. The van der Waals surface area contributed by atoms with E-state index in [4.69, 9.17) is 4.74 Å². The minimum atomic E-state index is -0.572. The molecule has 3 aliphatic rings. The Labute approximate surface area is 169 Å². The third-order valence-electron chi connectivity index (χ3n) is 6.52. The van der Waals surface area contributed by atoms with Crippen molar-refractivity contribution in [1.82, 2.24) is 4.90 Å². The number of likely N-dealkylation sites (tertiary alicyclic amines) is 1. The van der Waals surface area contributed by atoms with E-state index >= 15 is 0 Å². The topological polar surface area (TPSA) is 32.8 Å². The number of benzene rings is 2. The highest BCUT2D eigenvalue weighted by molar-refractivity contribution is 5.82. The van der Waals surface area contributed by atoms with Gasteiger partial charge < -0.3 is 14.5 Å². The Hall–Kier alpha value is -2.47. The minimum Gasteiger partial charge on any atom is -0.367 e. The molecule has 0 unspecified atom stereocenters. The Bertz CT molecular complexity index is 944. The molecule has 29 heavy (non-hydrogen) atoms. The van der Waals surface area contributed by atoms with Gasteiger partial charge in [-0.1, -0.05) is 24.3 Å². The number of rotatable bonds is 3. The summed E-state index contributed by atoms with van der Waals surface area (Å²) in [6.45, 7) is 3.13. The smallest absolute Gasteiger partial charge is 0.251 e. The molecule has 0 radical (unpaired) electrons. The molecule has 152 valence electrons. The first-order valence-electron chi connectivity index (χ1n) is 10.2. The first-order valence-corrected chi connectivity index (χ1v) is 10.2. The fourth-order valence-corrected chi connectivity index (χ4v) is 5.06. The Morgan fingerprint density at radius 1 is 1.14 bits per heavy atom. The largest absolute Gasteiger partial charge is 0.367 e. The van der Waals surface area contributed by atoms with Crippen LogP contribution < -0.4 is 4.90 Å². The van der Waals surface area contributed by atoms with Crippen LogP contribution in [0.2, 0.25) is 0 Å². The molecule has 0 aromatic heterocycles. The second-order valence-electron chi connectivity index (χ2n) is 8.43. The lowest BCUT2D eigenvalue weighted by Crippen LogP contribution is -2.38.